The van der Waals surface area contributed by atoms with E-state index in [-0.39, 0.29) is 25.7 Å². The van der Waals surface area contributed by atoms with E-state index in [1.54, 1.807) is 0 Å². The van der Waals surface area contributed by atoms with Gasteiger partial charge in [-0.2, -0.15) is 0 Å². The van der Waals surface area contributed by atoms with Gasteiger partial charge >= 0.3 is 39.5 Å². The summed E-state index contributed by atoms with van der Waals surface area (Å²) in [5, 5.41) is 10.5. The molecule has 516 valence electrons. The Morgan fingerprint density at radius 3 is 0.874 bits per heavy atom. The number of unbranched alkanes of at least 4 members (excludes halogenated alkanes) is 33. The Balaban J connectivity index is 5.19. The van der Waals surface area contributed by atoms with Crippen molar-refractivity contribution in [3.63, 3.8) is 0 Å². The Morgan fingerprint density at radius 2 is 0.586 bits per heavy atom. The van der Waals surface area contributed by atoms with E-state index in [9.17, 15) is 43.2 Å². The molecule has 17 nitrogen and oxygen atoms in total. The van der Waals surface area contributed by atoms with Crippen molar-refractivity contribution in [1.82, 2.24) is 0 Å². The minimum Gasteiger partial charge on any atom is -0.462 e. The lowest BCUT2D eigenvalue weighted by molar-refractivity contribution is -0.161. The zero-order valence-corrected chi connectivity index (χ0v) is 58.3. The summed E-state index contributed by atoms with van der Waals surface area (Å²) in [5.41, 5.74) is 0. The molecule has 0 spiro atoms. The molecular weight excluding hydrogens is 1150 g/mol. The van der Waals surface area contributed by atoms with Gasteiger partial charge in [0.25, 0.3) is 0 Å². The number of hydrogen-bond acceptors (Lipinski definition) is 15. The van der Waals surface area contributed by atoms with Crippen LogP contribution in [-0.4, -0.2) is 96.7 Å². The van der Waals surface area contributed by atoms with Crippen molar-refractivity contribution in [2.75, 3.05) is 39.6 Å². The number of carbonyl (C=O) groups excluding carboxylic acids is 4. The normalized spacial score (nSPS) is 14.6. The van der Waals surface area contributed by atoms with Crippen LogP contribution in [0.4, 0.5) is 0 Å². The van der Waals surface area contributed by atoms with Gasteiger partial charge < -0.3 is 33.8 Å². The fourth-order valence-electron chi connectivity index (χ4n) is 10.2. The van der Waals surface area contributed by atoms with Gasteiger partial charge in [-0.15, -0.1) is 0 Å². The fraction of sp³-hybridized carbons (Fsp3) is 0.941. The molecule has 0 aliphatic carbocycles. The molecule has 0 aromatic heterocycles. The van der Waals surface area contributed by atoms with Crippen molar-refractivity contribution < 1.29 is 80.2 Å². The predicted octanol–water partition coefficient (Wildman–Crippen LogP) is 19.1. The molecule has 6 atom stereocenters. The van der Waals surface area contributed by atoms with E-state index in [0.29, 0.717) is 31.6 Å². The van der Waals surface area contributed by atoms with Crippen LogP contribution in [0.5, 0.6) is 0 Å². The lowest BCUT2D eigenvalue weighted by Gasteiger charge is -2.21. The van der Waals surface area contributed by atoms with Crippen LogP contribution < -0.4 is 0 Å². The monoisotopic (exact) mass is 1280 g/mol. The second kappa shape index (κ2) is 59.1. The first-order valence-electron chi connectivity index (χ1n) is 35.4. The van der Waals surface area contributed by atoms with Crippen LogP contribution in [0.1, 0.15) is 337 Å². The van der Waals surface area contributed by atoms with Crippen LogP contribution in [0, 0.1) is 17.8 Å². The van der Waals surface area contributed by atoms with E-state index in [2.05, 4.69) is 48.5 Å². The number of rotatable bonds is 66. The topological polar surface area (TPSA) is 237 Å². The van der Waals surface area contributed by atoms with Crippen molar-refractivity contribution in [1.29, 1.82) is 0 Å². The number of phosphoric ester groups is 2. The minimum absolute atomic E-state index is 0.101. The molecule has 0 radical (unpaired) electrons. The highest BCUT2D eigenvalue weighted by Gasteiger charge is 2.30. The molecular formula is C68H132O17P2. The minimum atomic E-state index is -4.95. The van der Waals surface area contributed by atoms with Crippen LogP contribution in [0.3, 0.4) is 0 Å². The summed E-state index contributed by atoms with van der Waals surface area (Å²) in [5.74, 6) is 0.136. The largest absolute Gasteiger partial charge is 0.472 e. The lowest BCUT2D eigenvalue weighted by Crippen LogP contribution is -2.30. The summed E-state index contributed by atoms with van der Waals surface area (Å²) in [6.07, 6.45) is 42.0. The van der Waals surface area contributed by atoms with Crippen molar-refractivity contribution in [3.05, 3.63) is 0 Å². The first-order chi connectivity index (χ1) is 41.8. The number of carbonyl (C=O) groups is 4. The molecule has 0 aromatic carbocycles. The van der Waals surface area contributed by atoms with Crippen LogP contribution in [0.2, 0.25) is 0 Å². The Hall–Kier alpha value is -1.94. The maximum absolute atomic E-state index is 13.0. The summed E-state index contributed by atoms with van der Waals surface area (Å²) in [6.45, 7) is 11.7. The van der Waals surface area contributed by atoms with E-state index >= 15 is 0 Å². The van der Waals surface area contributed by atoms with Crippen molar-refractivity contribution in [2.45, 2.75) is 356 Å². The van der Waals surface area contributed by atoms with Gasteiger partial charge in [-0.25, -0.2) is 9.13 Å². The number of phosphoric acid groups is 2. The van der Waals surface area contributed by atoms with Gasteiger partial charge in [0.1, 0.15) is 19.3 Å². The number of ether oxygens (including phenoxy) is 4. The summed E-state index contributed by atoms with van der Waals surface area (Å²) in [6, 6.07) is 0. The molecule has 0 fully saturated rings. The average Bonchev–Trinajstić information content (AvgIpc) is 3.66. The molecule has 87 heavy (non-hydrogen) atoms. The summed E-state index contributed by atoms with van der Waals surface area (Å²) >= 11 is 0. The number of aliphatic hydroxyl groups excluding tert-OH is 1. The van der Waals surface area contributed by atoms with Crippen LogP contribution in [0.15, 0.2) is 0 Å². The molecule has 0 aliphatic rings. The smallest absolute Gasteiger partial charge is 0.462 e. The number of esters is 4. The van der Waals surface area contributed by atoms with Gasteiger partial charge in [0.05, 0.1) is 26.4 Å². The molecule has 0 rings (SSSR count). The van der Waals surface area contributed by atoms with Crippen molar-refractivity contribution >= 4 is 39.5 Å². The van der Waals surface area contributed by atoms with Crippen LogP contribution >= 0.6 is 15.6 Å². The van der Waals surface area contributed by atoms with Gasteiger partial charge in [-0.1, -0.05) is 286 Å². The van der Waals surface area contributed by atoms with Crippen molar-refractivity contribution in [3.8, 4) is 0 Å². The number of aliphatic hydroxyl groups is 1. The highest BCUT2D eigenvalue weighted by Crippen LogP contribution is 2.45. The van der Waals surface area contributed by atoms with E-state index < -0.39 is 97.5 Å². The molecule has 0 aromatic rings. The van der Waals surface area contributed by atoms with E-state index in [4.69, 9.17) is 37.0 Å². The maximum atomic E-state index is 13.0. The standard InChI is InChI=1S/C68H132O17P2/c1-8-10-11-12-25-35-42-49-65(70)78-55-64(85-68(73)52-45-38-31-30-33-40-47-60(5)6)58-83-87(76,77)81-54-62(69)53-80-86(74,75)82-57-63(56-79-66(71)50-43-36-28-23-20-19-21-26-32-39-46-59(3)4)84-67(72)51-44-37-29-24-18-16-14-13-15-17-22-27-34-41-48-61(7)9-2/h59-64,69H,8-58H2,1-7H3,(H,74,75)(H,76,77)/t61?,62-,63-,64-/m1/s1. The van der Waals surface area contributed by atoms with Gasteiger partial charge in [0.2, 0.25) is 0 Å². The first-order valence-corrected chi connectivity index (χ1v) is 38.4. The molecule has 19 heteroatoms. The second-order valence-electron chi connectivity index (χ2n) is 25.8. The SMILES string of the molecule is CCCCCCCCCC(=O)OC[C@H](COP(=O)(O)OC[C@H](O)COP(=O)(O)OC[C@@H](COC(=O)CCCCCCCCCCCCC(C)C)OC(=O)CCCCCCCCCCCCCCCCC(C)CC)OC(=O)CCCCCCCCC(C)C. The Labute approximate surface area is 530 Å². The molecule has 0 bridgehead atoms. The summed E-state index contributed by atoms with van der Waals surface area (Å²) in [4.78, 5) is 72.2. The third kappa shape index (κ3) is 61.3. The zero-order valence-electron chi connectivity index (χ0n) is 56.5. The van der Waals surface area contributed by atoms with E-state index in [1.807, 2.05) is 0 Å². The van der Waals surface area contributed by atoms with Gasteiger partial charge in [0.15, 0.2) is 12.2 Å². The predicted molar refractivity (Wildman–Crippen MR) is 349 cm³/mol. The molecule has 0 aliphatic heterocycles. The summed E-state index contributed by atoms with van der Waals surface area (Å²) < 4.78 is 68.0. The quantitative estimate of drug-likeness (QED) is 0.0222. The molecule has 0 heterocycles. The highest BCUT2D eigenvalue weighted by atomic mass is 31.2. The van der Waals surface area contributed by atoms with E-state index in [0.717, 1.165) is 115 Å². The lowest BCUT2D eigenvalue weighted by atomic mass is 9.99. The highest BCUT2D eigenvalue weighted by molar-refractivity contribution is 7.47. The van der Waals surface area contributed by atoms with Gasteiger partial charge in [-0.3, -0.25) is 37.3 Å². The molecule has 3 unspecified atom stereocenters. The maximum Gasteiger partial charge on any atom is 0.472 e. The molecule has 0 saturated heterocycles. The molecule has 0 saturated carbocycles. The number of hydrogen-bond donors (Lipinski definition) is 3. The van der Waals surface area contributed by atoms with E-state index in [1.165, 1.54) is 135 Å². The Morgan fingerprint density at radius 1 is 0.333 bits per heavy atom. The van der Waals surface area contributed by atoms with Crippen molar-refractivity contribution in [2.24, 2.45) is 17.8 Å². The van der Waals surface area contributed by atoms with Crippen LogP contribution in [-0.2, 0) is 65.4 Å². The molecule has 3 N–H and O–H groups in total. The summed E-state index contributed by atoms with van der Waals surface area (Å²) in [7, 11) is -9.89. The fourth-order valence-corrected chi connectivity index (χ4v) is 11.7. The van der Waals surface area contributed by atoms with Gasteiger partial charge in [0, 0.05) is 25.7 Å². The average molecular weight is 1280 g/mol. The second-order valence-corrected chi connectivity index (χ2v) is 28.7. The zero-order chi connectivity index (χ0) is 64.5. The Kier molecular flexibility index (Phi) is 57.8. The first kappa shape index (κ1) is 85.1. The third-order valence-electron chi connectivity index (χ3n) is 16.0. The molecule has 0 amide bonds. The van der Waals surface area contributed by atoms with Gasteiger partial charge in [-0.05, 0) is 43.4 Å². The van der Waals surface area contributed by atoms with Crippen LogP contribution in [0.25, 0.3) is 0 Å². The third-order valence-corrected chi connectivity index (χ3v) is 17.9. The Bertz CT molecular complexity index is 1720.